The standard InChI is InChI=1S/C15H20N2O2S/c1-10-5-6-12(20-2)8-13(10)15(19)17-7-3-4-11(9-17)14(16)18/h5-6,8,11H,3-4,7,9H2,1-2H3,(H2,16,18)/t11-/m0/s1. The zero-order valence-electron chi connectivity index (χ0n) is 11.9. The highest BCUT2D eigenvalue weighted by molar-refractivity contribution is 7.98. The fraction of sp³-hybridized carbons (Fsp3) is 0.467. The smallest absolute Gasteiger partial charge is 0.254 e. The maximum Gasteiger partial charge on any atom is 0.254 e. The number of piperidine rings is 1. The molecular formula is C15H20N2O2S. The van der Waals surface area contributed by atoms with Crippen molar-refractivity contribution in [3.63, 3.8) is 0 Å². The van der Waals surface area contributed by atoms with Gasteiger partial charge in [0.05, 0.1) is 5.92 Å². The first-order valence-corrected chi connectivity index (χ1v) is 7.98. The lowest BCUT2D eigenvalue weighted by atomic mass is 9.96. The van der Waals surface area contributed by atoms with Crippen LogP contribution in [0.1, 0.15) is 28.8 Å². The molecule has 2 rings (SSSR count). The Morgan fingerprint density at radius 3 is 2.80 bits per heavy atom. The molecule has 0 aliphatic carbocycles. The van der Waals surface area contributed by atoms with E-state index in [9.17, 15) is 9.59 Å². The van der Waals surface area contributed by atoms with Crippen LogP contribution in [-0.4, -0.2) is 36.1 Å². The van der Waals surface area contributed by atoms with Crippen LogP contribution in [0.5, 0.6) is 0 Å². The minimum atomic E-state index is -0.308. The van der Waals surface area contributed by atoms with Gasteiger partial charge < -0.3 is 10.6 Å². The molecule has 20 heavy (non-hydrogen) atoms. The molecule has 2 N–H and O–H groups in total. The average molecular weight is 292 g/mol. The van der Waals surface area contributed by atoms with E-state index in [-0.39, 0.29) is 17.7 Å². The summed E-state index contributed by atoms with van der Waals surface area (Å²) in [6.07, 6.45) is 3.60. The van der Waals surface area contributed by atoms with Gasteiger partial charge in [-0.15, -0.1) is 11.8 Å². The number of likely N-dealkylation sites (tertiary alicyclic amines) is 1. The molecule has 2 amide bonds. The minimum absolute atomic E-state index is 0.00403. The van der Waals surface area contributed by atoms with Gasteiger partial charge in [0.15, 0.2) is 0 Å². The number of aryl methyl sites for hydroxylation is 1. The topological polar surface area (TPSA) is 63.4 Å². The largest absolute Gasteiger partial charge is 0.369 e. The second-order valence-electron chi connectivity index (χ2n) is 5.17. The highest BCUT2D eigenvalue weighted by atomic mass is 32.2. The van der Waals surface area contributed by atoms with Gasteiger partial charge in [-0.3, -0.25) is 9.59 Å². The number of nitrogens with two attached hydrogens (primary N) is 1. The molecule has 108 valence electrons. The van der Waals surface area contributed by atoms with E-state index in [4.69, 9.17) is 5.73 Å². The first-order chi connectivity index (χ1) is 9.52. The van der Waals surface area contributed by atoms with Crippen LogP contribution in [-0.2, 0) is 4.79 Å². The van der Waals surface area contributed by atoms with Gasteiger partial charge >= 0.3 is 0 Å². The fourth-order valence-electron chi connectivity index (χ4n) is 2.52. The van der Waals surface area contributed by atoms with Gasteiger partial charge in [-0.2, -0.15) is 0 Å². The summed E-state index contributed by atoms with van der Waals surface area (Å²) in [6, 6.07) is 5.91. The van der Waals surface area contributed by atoms with E-state index >= 15 is 0 Å². The van der Waals surface area contributed by atoms with Crippen LogP contribution in [0.25, 0.3) is 0 Å². The summed E-state index contributed by atoms with van der Waals surface area (Å²) in [5, 5.41) is 0. The van der Waals surface area contributed by atoms with Gasteiger partial charge in [0.2, 0.25) is 5.91 Å². The molecule has 0 radical (unpaired) electrons. The van der Waals surface area contributed by atoms with Crippen LogP contribution in [0.4, 0.5) is 0 Å². The molecule has 4 nitrogen and oxygen atoms in total. The number of primary amides is 1. The highest BCUT2D eigenvalue weighted by Crippen LogP contribution is 2.23. The Hall–Kier alpha value is -1.49. The molecule has 0 bridgehead atoms. The molecule has 0 aromatic heterocycles. The number of amides is 2. The lowest BCUT2D eigenvalue weighted by Gasteiger charge is -2.31. The third kappa shape index (κ3) is 3.15. The van der Waals surface area contributed by atoms with Gasteiger partial charge in [0.25, 0.3) is 5.91 Å². The Bertz CT molecular complexity index is 531. The molecule has 1 aromatic carbocycles. The van der Waals surface area contributed by atoms with Crippen LogP contribution < -0.4 is 5.73 Å². The summed E-state index contributed by atoms with van der Waals surface area (Å²) in [4.78, 5) is 26.8. The predicted octanol–water partition coefficient (Wildman–Crippen LogP) is 2.05. The lowest BCUT2D eigenvalue weighted by molar-refractivity contribution is -0.123. The van der Waals surface area contributed by atoms with Crippen LogP contribution in [0.15, 0.2) is 23.1 Å². The Labute approximate surface area is 123 Å². The van der Waals surface area contributed by atoms with Crippen LogP contribution in [0.2, 0.25) is 0 Å². The average Bonchev–Trinajstić information content (AvgIpc) is 2.47. The van der Waals surface area contributed by atoms with Crippen LogP contribution in [0.3, 0.4) is 0 Å². The SMILES string of the molecule is CSc1ccc(C)c(C(=O)N2CCC[C@H](C(N)=O)C2)c1. The Morgan fingerprint density at radius 2 is 2.15 bits per heavy atom. The summed E-state index contributed by atoms with van der Waals surface area (Å²) in [7, 11) is 0. The Kier molecular flexibility index (Phi) is 4.70. The van der Waals surface area contributed by atoms with Crippen molar-refractivity contribution in [3.05, 3.63) is 29.3 Å². The van der Waals surface area contributed by atoms with Crippen LogP contribution in [0, 0.1) is 12.8 Å². The van der Waals surface area contributed by atoms with Crippen molar-refractivity contribution in [1.82, 2.24) is 4.90 Å². The van der Waals surface area contributed by atoms with E-state index < -0.39 is 0 Å². The first-order valence-electron chi connectivity index (χ1n) is 6.76. The number of hydrogen-bond donors (Lipinski definition) is 1. The van der Waals surface area contributed by atoms with Crippen molar-refractivity contribution in [1.29, 1.82) is 0 Å². The molecule has 1 aliphatic rings. The van der Waals surface area contributed by atoms with Crippen LogP contribution >= 0.6 is 11.8 Å². The van der Waals surface area contributed by atoms with Crippen molar-refractivity contribution in [2.24, 2.45) is 11.7 Å². The van der Waals surface area contributed by atoms with E-state index in [2.05, 4.69) is 0 Å². The number of thioether (sulfide) groups is 1. The summed E-state index contributed by atoms with van der Waals surface area (Å²) in [5.41, 5.74) is 7.05. The fourth-order valence-corrected chi connectivity index (χ4v) is 2.96. The second-order valence-corrected chi connectivity index (χ2v) is 6.05. The predicted molar refractivity (Wildman–Crippen MR) is 80.8 cm³/mol. The normalized spacial score (nSPS) is 18.9. The molecule has 0 spiro atoms. The number of nitrogens with zero attached hydrogens (tertiary/aromatic N) is 1. The number of carbonyl (C=O) groups excluding carboxylic acids is 2. The molecule has 1 saturated heterocycles. The maximum atomic E-state index is 12.6. The van der Waals surface area contributed by atoms with Crippen molar-refractivity contribution in [3.8, 4) is 0 Å². The molecular weight excluding hydrogens is 272 g/mol. The van der Waals surface area contributed by atoms with Crippen molar-refractivity contribution < 1.29 is 9.59 Å². The van der Waals surface area contributed by atoms with Gasteiger partial charge in [0.1, 0.15) is 0 Å². The number of carbonyl (C=O) groups is 2. The van der Waals surface area contributed by atoms with Gasteiger partial charge in [-0.1, -0.05) is 6.07 Å². The summed E-state index contributed by atoms with van der Waals surface area (Å²) in [6.45, 7) is 3.08. The summed E-state index contributed by atoms with van der Waals surface area (Å²) < 4.78 is 0. The molecule has 5 heteroatoms. The van der Waals surface area contributed by atoms with E-state index in [1.54, 1.807) is 16.7 Å². The van der Waals surface area contributed by atoms with E-state index in [0.29, 0.717) is 13.1 Å². The van der Waals surface area contributed by atoms with Crippen molar-refractivity contribution >= 4 is 23.6 Å². The Morgan fingerprint density at radius 1 is 1.40 bits per heavy atom. The molecule has 0 saturated carbocycles. The van der Waals surface area contributed by atoms with E-state index in [1.807, 2.05) is 31.4 Å². The molecule has 1 fully saturated rings. The zero-order chi connectivity index (χ0) is 14.7. The number of hydrogen-bond acceptors (Lipinski definition) is 3. The first kappa shape index (κ1) is 14.9. The minimum Gasteiger partial charge on any atom is -0.369 e. The van der Waals surface area contributed by atoms with Crippen molar-refractivity contribution in [2.75, 3.05) is 19.3 Å². The molecule has 0 unspecified atom stereocenters. The summed E-state index contributed by atoms with van der Waals surface area (Å²) in [5.74, 6) is -0.516. The third-order valence-electron chi connectivity index (χ3n) is 3.79. The Balaban J connectivity index is 2.20. The third-order valence-corrected chi connectivity index (χ3v) is 4.51. The number of rotatable bonds is 3. The quantitative estimate of drug-likeness (QED) is 0.867. The van der Waals surface area contributed by atoms with E-state index in [0.717, 1.165) is 28.9 Å². The highest BCUT2D eigenvalue weighted by Gasteiger charge is 2.28. The van der Waals surface area contributed by atoms with Gasteiger partial charge in [-0.25, -0.2) is 0 Å². The molecule has 1 aliphatic heterocycles. The van der Waals surface area contributed by atoms with Gasteiger partial charge in [-0.05, 0) is 43.7 Å². The number of benzene rings is 1. The van der Waals surface area contributed by atoms with Gasteiger partial charge in [0, 0.05) is 23.5 Å². The molecule has 1 aromatic rings. The lowest BCUT2D eigenvalue weighted by Crippen LogP contribution is -2.44. The van der Waals surface area contributed by atoms with E-state index in [1.165, 1.54) is 0 Å². The summed E-state index contributed by atoms with van der Waals surface area (Å²) >= 11 is 1.62. The monoisotopic (exact) mass is 292 g/mol. The van der Waals surface area contributed by atoms with Crippen molar-refractivity contribution in [2.45, 2.75) is 24.7 Å². The second kappa shape index (κ2) is 6.31. The molecule has 1 atom stereocenters. The maximum absolute atomic E-state index is 12.6. The zero-order valence-corrected chi connectivity index (χ0v) is 12.7. The molecule has 1 heterocycles.